The van der Waals surface area contributed by atoms with Crippen LogP contribution in [0.3, 0.4) is 0 Å². The molecule has 0 saturated heterocycles. The summed E-state index contributed by atoms with van der Waals surface area (Å²) in [5.74, 6) is 0. The molecule has 2 rings (SSSR count). The van der Waals surface area contributed by atoms with Gasteiger partial charge in [-0.25, -0.2) is 0 Å². The molecule has 0 unspecified atom stereocenters. The van der Waals surface area contributed by atoms with E-state index in [1.54, 1.807) is 6.20 Å². The first-order valence-corrected chi connectivity index (χ1v) is 4.19. The quantitative estimate of drug-likeness (QED) is 0.423. The van der Waals surface area contributed by atoms with Crippen LogP contribution in [0.1, 0.15) is 0 Å². The van der Waals surface area contributed by atoms with Gasteiger partial charge in [0, 0.05) is 10.7 Å². The SMILES string of the molecule is [Na+].[S-]c1nncc(-c2ccccc2)n1. The third-order valence-electron chi connectivity index (χ3n) is 1.61. The number of benzene rings is 1. The van der Waals surface area contributed by atoms with Gasteiger partial charge in [-0.2, -0.15) is 10.2 Å². The second-order valence-electron chi connectivity index (χ2n) is 2.49. The Labute approximate surface area is 110 Å². The van der Waals surface area contributed by atoms with Gasteiger partial charge >= 0.3 is 29.6 Å². The summed E-state index contributed by atoms with van der Waals surface area (Å²) in [4.78, 5) is 4.08. The molecule has 0 aliphatic heterocycles. The minimum absolute atomic E-state index is 0. The van der Waals surface area contributed by atoms with Crippen LogP contribution in [0.15, 0.2) is 41.7 Å². The van der Waals surface area contributed by atoms with Crippen molar-refractivity contribution >= 4 is 12.6 Å². The average molecular weight is 211 g/mol. The van der Waals surface area contributed by atoms with Crippen LogP contribution in [-0.2, 0) is 12.6 Å². The minimum atomic E-state index is 0. The van der Waals surface area contributed by atoms with Crippen LogP contribution in [0, 0.1) is 0 Å². The van der Waals surface area contributed by atoms with Crippen molar-refractivity contribution in [1.82, 2.24) is 15.2 Å². The molecule has 0 aliphatic carbocycles. The van der Waals surface area contributed by atoms with Crippen LogP contribution in [-0.4, -0.2) is 15.2 Å². The zero-order valence-electron chi connectivity index (χ0n) is 7.71. The van der Waals surface area contributed by atoms with Gasteiger partial charge in [0.1, 0.15) is 0 Å². The summed E-state index contributed by atoms with van der Waals surface area (Å²) in [6.07, 6.45) is 1.60. The van der Waals surface area contributed by atoms with Gasteiger partial charge in [-0.15, -0.1) is 0 Å². The molecule has 1 heterocycles. The van der Waals surface area contributed by atoms with Crippen molar-refractivity contribution in [2.24, 2.45) is 0 Å². The van der Waals surface area contributed by atoms with E-state index in [4.69, 9.17) is 12.6 Å². The molecule has 2 aromatic rings. The van der Waals surface area contributed by atoms with Crippen molar-refractivity contribution in [2.75, 3.05) is 0 Å². The van der Waals surface area contributed by atoms with Gasteiger partial charge in [0.05, 0.1) is 11.9 Å². The fourth-order valence-electron chi connectivity index (χ4n) is 1.04. The second kappa shape index (κ2) is 5.36. The topological polar surface area (TPSA) is 38.7 Å². The summed E-state index contributed by atoms with van der Waals surface area (Å²) in [5.41, 5.74) is 1.77. The molecule has 0 N–H and O–H groups in total. The number of aromatic nitrogens is 3. The van der Waals surface area contributed by atoms with E-state index in [-0.39, 0.29) is 34.7 Å². The van der Waals surface area contributed by atoms with Crippen LogP contribution in [0.2, 0.25) is 0 Å². The normalized spacial score (nSPS) is 9.14. The maximum Gasteiger partial charge on any atom is 1.00 e. The monoisotopic (exact) mass is 211 g/mol. The summed E-state index contributed by atoms with van der Waals surface area (Å²) < 4.78 is 0. The first-order chi connectivity index (χ1) is 6.36. The molecule has 0 spiro atoms. The Balaban J connectivity index is 0.000000980. The van der Waals surface area contributed by atoms with Gasteiger partial charge in [0.2, 0.25) is 0 Å². The van der Waals surface area contributed by atoms with E-state index in [1.165, 1.54) is 0 Å². The van der Waals surface area contributed by atoms with E-state index in [0.717, 1.165) is 11.3 Å². The smallest absolute Gasteiger partial charge is 0.738 e. The van der Waals surface area contributed by atoms with E-state index < -0.39 is 0 Å². The summed E-state index contributed by atoms with van der Waals surface area (Å²) in [7, 11) is 0. The van der Waals surface area contributed by atoms with E-state index >= 15 is 0 Å². The largest absolute Gasteiger partial charge is 1.00 e. The van der Waals surface area contributed by atoms with Crippen molar-refractivity contribution in [1.29, 1.82) is 0 Å². The van der Waals surface area contributed by atoms with Crippen LogP contribution in [0.5, 0.6) is 0 Å². The summed E-state index contributed by atoms with van der Waals surface area (Å²) >= 11 is 4.81. The third-order valence-corrected chi connectivity index (χ3v) is 1.78. The molecule has 0 radical (unpaired) electrons. The Bertz CT molecular complexity index is 408. The molecule has 0 saturated carbocycles. The zero-order chi connectivity index (χ0) is 9.10. The van der Waals surface area contributed by atoms with Gasteiger partial charge in [-0.3, -0.25) is 4.98 Å². The van der Waals surface area contributed by atoms with Crippen molar-refractivity contribution in [3.05, 3.63) is 36.5 Å². The van der Waals surface area contributed by atoms with Crippen molar-refractivity contribution in [2.45, 2.75) is 5.16 Å². The second-order valence-corrected chi connectivity index (χ2v) is 2.86. The van der Waals surface area contributed by atoms with Crippen LogP contribution >= 0.6 is 0 Å². The van der Waals surface area contributed by atoms with E-state index in [9.17, 15) is 0 Å². The van der Waals surface area contributed by atoms with Crippen molar-refractivity contribution in [3.63, 3.8) is 0 Å². The van der Waals surface area contributed by atoms with Gasteiger partial charge in [-0.05, 0) is 0 Å². The van der Waals surface area contributed by atoms with Crippen molar-refractivity contribution < 1.29 is 29.6 Å². The predicted molar refractivity (Wildman–Crippen MR) is 50.9 cm³/mol. The number of hydrogen-bond acceptors (Lipinski definition) is 4. The fraction of sp³-hybridized carbons (Fsp3) is 0. The van der Waals surface area contributed by atoms with Crippen LogP contribution in [0.25, 0.3) is 11.3 Å². The Morgan fingerprint density at radius 2 is 1.79 bits per heavy atom. The van der Waals surface area contributed by atoms with E-state index in [2.05, 4.69) is 15.2 Å². The summed E-state index contributed by atoms with van der Waals surface area (Å²) in [6, 6.07) is 9.76. The maximum atomic E-state index is 4.81. The number of hydrogen-bond donors (Lipinski definition) is 0. The van der Waals surface area contributed by atoms with Gasteiger partial charge in [0.25, 0.3) is 0 Å². The standard InChI is InChI=1S/C9H7N3S.Na/c13-9-11-8(6-10-12-9)7-4-2-1-3-5-7;/h1-6H,(H,11,12,13);/q;+1/p-1. The minimum Gasteiger partial charge on any atom is -0.738 e. The Kier molecular flexibility index (Phi) is 4.41. The van der Waals surface area contributed by atoms with Crippen LogP contribution < -0.4 is 29.6 Å². The molecule has 5 heteroatoms. The van der Waals surface area contributed by atoms with Crippen LogP contribution in [0.4, 0.5) is 0 Å². The molecule has 0 bridgehead atoms. The maximum absolute atomic E-state index is 4.81. The molecule has 3 nitrogen and oxygen atoms in total. The molecule has 0 aliphatic rings. The van der Waals surface area contributed by atoms with Gasteiger partial charge in [-0.1, -0.05) is 30.3 Å². The third kappa shape index (κ3) is 2.72. The Morgan fingerprint density at radius 1 is 1.07 bits per heavy atom. The molecular weight excluding hydrogens is 205 g/mol. The van der Waals surface area contributed by atoms with E-state index in [0.29, 0.717) is 0 Å². The average Bonchev–Trinajstić information content (AvgIpc) is 2.19. The molecule has 1 aromatic heterocycles. The van der Waals surface area contributed by atoms with Gasteiger partial charge in [0.15, 0.2) is 0 Å². The first kappa shape index (κ1) is 11.5. The fourth-order valence-corrected chi connectivity index (χ4v) is 1.18. The molecule has 1 aromatic carbocycles. The molecule has 0 amide bonds. The van der Waals surface area contributed by atoms with E-state index in [1.807, 2.05) is 30.3 Å². The Morgan fingerprint density at radius 3 is 2.43 bits per heavy atom. The number of nitrogens with zero attached hydrogens (tertiary/aromatic N) is 3. The number of rotatable bonds is 1. The van der Waals surface area contributed by atoms with Crippen molar-refractivity contribution in [3.8, 4) is 11.3 Å². The van der Waals surface area contributed by atoms with Gasteiger partial charge < -0.3 is 12.6 Å². The summed E-state index contributed by atoms with van der Waals surface area (Å²) in [5, 5.41) is 7.64. The molecule has 64 valence electrons. The Hall–Kier alpha value is -0.550. The molecule has 0 fully saturated rings. The molecular formula is C9H6N3NaS. The predicted octanol–water partition coefficient (Wildman–Crippen LogP) is -1.55. The molecule has 0 atom stereocenters. The summed E-state index contributed by atoms with van der Waals surface area (Å²) in [6.45, 7) is 0. The first-order valence-electron chi connectivity index (χ1n) is 3.78. The molecule has 14 heavy (non-hydrogen) atoms. The zero-order valence-corrected chi connectivity index (χ0v) is 10.5.